The lowest BCUT2D eigenvalue weighted by Crippen LogP contribution is -2.48. The normalized spacial score (nSPS) is 18.7. The van der Waals surface area contributed by atoms with Gasteiger partial charge in [-0.25, -0.2) is 4.79 Å². The number of Topliss-reactive ketones (excluding diaryl/α,β-unsaturated/α-hetero) is 1. The molecular weight excluding hydrogens is 302 g/mol. The smallest absolute Gasteiger partial charge is 0.328 e. The van der Waals surface area contributed by atoms with Crippen molar-refractivity contribution in [1.29, 1.82) is 0 Å². The van der Waals surface area contributed by atoms with Crippen LogP contribution in [0, 0.1) is 0 Å². The Balaban J connectivity index is 2.65. The summed E-state index contributed by atoms with van der Waals surface area (Å²) in [5, 5.41) is 2.59. The summed E-state index contributed by atoms with van der Waals surface area (Å²) >= 11 is 0. The number of hydrogen-bond acceptors (Lipinski definition) is 5. The number of esters is 1. The fraction of sp³-hybridized carbons (Fsp3) is 0.733. The first-order valence-corrected chi connectivity index (χ1v) is 7.76. The zero-order chi connectivity index (χ0) is 17.2. The number of nitrogens with one attached hydrogen (secondary N) is 1. The lowest BCUT2D eigenvalue weighted by atomic mass is 10.1. The summed E-state index contributed by atoms with van der Waals surface area (Å²) in [6.07, 6.45) is 2.28. The molecule has 0 aromatic rings. The van der Waals surface area contributed by atoms with E-state index in [-0.39, 0.29) is 24.9 Å². The third-order valence-electron chi connectivity index (χ3n) is 3.31. The van der Waals surface area contributed by atoms with Crippen LogP contribution < -0.4 is 5.32 Å². The Morgan fingerprint density at radius 1 is 1.39 bits per heavy atom. The van der Waals surface area contributed by atoms with Crippen molar-refractivity contribution in [2.24, 2.45) is 0 Å². The average Bonchev–Trinajstić information content (AvgIpc) is 2.51. The van der Waals surface area contributed by atoms with Gasteiger partial charge in [0, 0.05) is 13.0 Å². The van der Waals surface area contributed by atoms with Crippen molar-refractivity contribution >= 4 is 23.9 Å². The van der Waals surface area contributed by atoms with Gasteiger partial charge in [-0.1, -0.05) is 0 Å². The first kappa shape index (κ1) is 19.0. The number of hydrogen-bond donors (Lipinski definition) is 1. The molecule has 1 fully saturated rings. The van der Waals surface area contributed by atoms with Gasteiger partial charge in [-0.3, -0.25) is 9.59 Å². The van der Waals surface area contributed by atoms with Crippen LogP contribution in [0.1, 0.15) is 46.0 Å². The summed E-state index contributed by atoms with van der Waals surface area (Å²) in [6, 6.07) is -0.938. The highest BCUT2D eigenvalue weighted by atomic mass is 16.5. The van der Waals surface area contributed by atoms with Gasteiger partial charge in [0.1, 0.15) is 12.1 Å². The molecule has 1 aliphatic rings. The van der Waals surface area contributed by atoms with Crippen LogP contribution in [0.4, 0.5) is 0 Å². The van der Waals surface area contributed by atoms with Crippen LogP contribution in [0.25, 0.3) is 5.53 Å². The van der Waals surface area contributed by atoms with Gasteiger partial charge in [-0.15, -0.1) is 0 Å². The Morgan fingerprint density at radius 2 is 2.13 bits per heavy atom. The predicted molar refractivity (Wildman–Crippen MR) is 80.7 cm³/mol. The lowest BCUT2D eigenvalue weighted by Gasteiger charge is -2.24. The Labute approximate surface area is 135 Å². The standard InChI is InChI=1S/C15H23N3O5/c1-10(2)23-15(21)12(7-6-11(19)9-17-16)18-14(20)13-5-3-4-8-22-13/h9-10,12-13H,3-8H2,1-2H3,(H,18,20)/t12-,13-/m0/s1. The number of ether oxygens (including phenoxy) is 2. The molecule has 0 saturated carbocycles. The van der Waals surface area contributed by atoms with E-state index in [1.807, 2.05) is 0 Å². The SMILES string of the molecule is CC(C)OC(=O)[C@H](CCC(=O)C=[N+]=[N-])NC(=O)[C@@H]1CCCCO1. The van der Waals surface area contributed by atoms with Crippen molar-refractivity contribution in [3.8, 4) is 0 Å². The van der Waals surface area contributed by atoms with Gasteiger partial charge in [-0.2, -0.15) is 4.79 Å². The first-order valence-electron chi connectivity index (χ1n) is 7.76. The topological polar surface area (TPSA) is 118 Å². The maximum atomic E-state index is 12.2. The molecule has 0 aromatic heterocycles. The number of amides is 1. The zero-order valence-corrected chi connectivity index (χ0v) is 13.5. The molecule has 1 saturated heterocycles. The van der Waals surface area contributed by atoms with Gasteiger partial charge in [0.05, 0.1) is 6.10 Å². The molecule has 0 aliphatic carbocycles. The van der Waals surface area contributed by atoms with Crippen molar-refractivity contribution in [3.05, 3.63) is 5.53 Å². The van der Waals surface area contributed by atoms with Crippen LogP contribution in [-0.2, 0) is 23.9 Å². The quantitative estimate of drug-likeness (QED) is 0.304. The molecular formula is C15H23N3O5. The molecule has 1 rings (SSSR count). The Bertz CT molecular complexity index is 480. The Kier molecular flexibility index (Phi) is 8.15. The van der Waals surface area contributed by atoms with E-state index in [0.717, 1.165) is 19.1 Å². The highest BCUT2D eigenvalue weighted by Gasteiger charge is 2.29. The first-order chi connectivity index (χ1) is 10.9. The van der Waals surface area contributed by atoms with Crippen LogP contribution in [0.15, 0.2) is 0 Å². The number of carbonyl (C=O) groups excluding carboxylic acids is 3. The summed E-state index contributed by atoms with van der Waals surface area (Å²) in [5.41, 5.74) is 8.32. The van der Waals surface area contributed by atoms with E-state index < -0.39 is 23.9 Å². The molecule has 0 radical (unpaired) electrons. The van der Waals surface area contributed by atoms with E-state index in [9.17, 15) is 14.4 Å². The summed E-state index contributed by atoms with van der Waals surface area (Å²) < 4.78 is 10.5. The maximum Gasteiger partial charge on any atom is 0.328 e. The largest absolute Gasteiger partial charge is 0.461 e. The molecule has 0 spiro atoms. The van der Waals surface area contributed by atoms with Gasteiger partial charge in [0.25, 0.3) is 0 Å². The molecule has 23 heavy (non-hydrogen) atoms. The molecule has 8 nitrogen and oxygen atoms in total. The molecule has 1 aliphatic heterocycles. The fourth-order valence-electron chi connectivity index (χ4n) is 2.19. The van der Waals surface area contributed by atoms with Crippen LogP contribution in [-0.4, -0.2) is 53.5 Å². The van der Waals surface area contributed by atoms with Gasteiger partial charge >= 0.3 is 12.2 Å². The third-order valence-corrected chi connectivity index (χ3v) is 3.31. The molecule has 2 atom stereocenters. The Morgan fingerprint density at radius 3 is 2.70 bits per heavy atom. The molecule has 0 aromatic carbocycles. The summed E-state index contributed by atoms with van der Waals surface area (Å²) in [6.45, 7) is 3.92. The van der Waals surface area contributed by atoms with Gasteiger partial charge < -0.3 is 20.3 Å². The minimum atomic E-state index is -0.938. The van der Waals surface area contributed by atoms with Crippen molar-refractivity contribution < 1.29 is 28.6 Å². The molecule has 1 amide bonds. The van der Waals surface area contributed by atoms with E-state index in [2.05, 4.69) is 10.1 Å². The van der Waals surface area contributed by atoms with Crippen molar-refractivity contribution in [1.82, 2.24) is 5.32 Å². The fourth-order valence-corrected chi connectivity index (χ4v) is 2.19. The van der Waals surface area contributed by atoms with E-state index in [4.69, 9.17) is 15.0 Å². The summed E-state index contributed by atoms with van der Waals surface area (Å²) in [4.78, 5) is 38.3. The molecule has 1 N–H and O–H groups in total. The highest BCUT2D eigenvalue weighted by Crippen LogP contribution is 2.13. The third kappa shape index (κ3) is 7.17. The predicted octanol–water partition coefficient (Wildman–Crippen LogP) is 0.642. The van der Waals surface area contributed by atoms with E-state index in [1.54, 1.807) is 13.8 Å². The number of ketones is 1. The Hall–Kier alpha value is -2.05. The second-order valence-corrected chi connectivity index (χ2v) is 5.65. The molecule has 0 bridgehead atoms. The summed E-state index contributed by atoms with van der Waals surface area (Å²) in [5.74, 6) is -1.42. The van der Waals surface area contributed by atoms with Crippen LogP contribution in [0.2, 0.25) is 0 Å². The van der Waals surface area contributed by atoms with Gasteiger partial charge in [0.15, 0.2) is 0 Å². The minimum Gasteiger partial charge on any atom is -0.461 e. The minimum absolute atomic E-state index is 0.0479. The van der Waals surface area contributed by atoms with Gasteiger partial charge in [-0.05, 0) is 39.5 Å². The monoisotopic (exact) mass is 325 g/mol. The van der Waals surface area contributed by atoms with Crippen molar-refractivity contribution in [3.63, 3.8) is 0 Å². The second kappa shape index (κ2) is 9.86. The lowest BCUT2D eigenvalue weighted by molar-refractivity contribution is -0.153. The van der Waals surface area contributed by atoms with E-state index >= 15 is 0 Å². The van der Waals surface area contributed by atoms with Crippen LogP contribution in [0.3, 0.4) is 0 Å². The maximum absolute atomic E-state index is 12.2. The number of rotatable bonds is 8. The average molecular weight is 325 g/mol. The molecule has 1 heterocycles. The number of carbonyl (C=O) groups is 3. The van der Waals surface area contributed by atoms with Crippen LogP contribution in [0.5, 0.6) is 0 Å². The molecule has 128 valence electrons. The summed E-state index contributed by atoms with van der Waals surface area (Å²) in [7, 11) is 0. The molecule has 0 unspecified atom stereocenters. The number of nitrogens with zero attached hydrogens (tertiary/aromatic N) is 2. The molecule has 8 heteroatoms. The van der Waals surface area contributed by atoms with Gasteiger partial charge in [0.2, 0.25) is 11.7 Å². The van der Waals surface area contributed by atoms with Crippen molar-refractivity contribution in [2.45, 2.75) is 64.2 Å². The second-order valence-electron chi connectivity index (χ2n) is 5.65. The zero-order valence-electron chi connectivity index (χ0n) is 13.5. The van der Waals surface area contributed by atoms with E-state index in [0.29, 0.717) is 13.0 Å². The van der Waals surface area contributed by atoms with E-state index in [1.165, 1.54) is 0 Å². The highest BCUT2D eigenvalue weighted by molar-refractivity contribution is 6.25. The van der Waals surface area contributed by atoms with Crippen molar-refractivity contribution in [2.75, 3.05) is 6.61 Å². The van der Waals surface area contributed by atoms with Crippen LogP contribution >= 0.6 is 0 Å².